The summed E-state index contributed by atoms with van der Waals surface area (Å²) in [5.74, 6) is -0.833. The first-order chi connectivity index (χ1) is 5.13. The van der Waals surface area contributed by atoms with Crippen LogP contribution in [0.3, 0.4) is 0 Å². The van der Waals surface area contributed by atoms with E-state index in [1.807, 2.05) is 30.3 Å². The van der Waals surface area contributed by atoms with Crippen molar-refractivity contribution in [2.75, 3.05) is 0 Å². The number of carbonyl (C=O) groups is 1. The molecule has 0 unspecified atom stereocenters. The molecule has 13 heavy (non-hydrogen) atoms. The molecule has 0 aliphatic heterocycles. The Labute approximate surface area is 113 Å². The first-order valence-corrected chi connectivity index (χ1v) is 3.51. The van der Waals surface area contributed by atoms with Gasteiger partial charge in [0.1, 0.15) is 0 Å². The van der Waals surface area contributed by atoms with Gasteiger partial charge in [-0.25, -0.2) is 0 Å². The molecule has 0 saturated carbocycles. The van der Waals surface area contributed by atoms with Crippen LogP contribution in [0.25, 0.3) is 0 Å². The average molecular weight is 230 g/mol. The predicted octanol–water partition coefficient (Wildman–Crippen LogP) is 0.325. The molecule has 5 heteroatoms. The van der Waals surface area contributed by atoms with Crippen molar-refractivity contribution in [3.8, 4) is 0 Å². The third-order valence-electron chi connectivity index (χ3n) is 0.756. The molecular formula is C8H14CaO3S. The predicted molar refractivity (Wildman–Crippen MR) is 59.2 cm³/mol. The van der Waals surface area contributed by atoms with E-state index in [1.54, 1.807) is 0 Å². The second kappa shape index (κ2) is 12.3. The standard InChI is InChI=1S/C6H6S.C2H4O2.Ca.H2O.2H/c7-6-4-2-1-3-5-6;1-2(3)4;;;;/h1-5,7H;1H3,(H,3,4);;1H2;;. The van der Waals surface area contributed by atoms with Gasteiger partial charge in [-0.15, -0.1) is 12.6 Å². The van der Waals surface area contributed by atoms with Gasteiger partial charge in [-0.3, -0.25) is 4.79 Å². The Morgan fingerprint density at radius 2 is 1.62 bits per heavy atom. The Bertz CT molecular complexity index is 212. The summed E-state index contributed by atoms with van der Waals surface area (Å²) in [5, 5.41) is 7.42. The van der Waals surface area contributed by atoms with Crippen molar-refractivity contribution < 1.29 is 15.4 Å². The monoisotopic (exact) mass is 230 g/mol. The normalized spacial score (nSPS) is 6.62. The van der Waals surface area contributed by atoms with Crippen molar-refractivity contribution in [3.05, 3.63) is 30.3 Å². The van der Waals surface area contributed by atoms with E-state index < -0.39 is 5.97 Å². The van der Waals surface area contributed by atoms with Gasteiger partial charge >= 0.3 is 37.7 Å². The van der Waals surface area contributed by atoms with Gasteiger partial charge in [-0.1, -0.05) is 18.2 Å². The Balaban J connectivity index is -0.000000150. The molecule has 0 amide bonds. The fraction of sp³-hybridized carbons (Fsp3) is 0.125. The van der Waals surface area contributed by atoms with Crippen molar-refractivity contribution in [2.24, 2.45) is 0 Å². The summed E-state index contributed by atoms with van der Waals surface area (Å²) in [5.41, 5.74) is 0. The van der Waals surface area contributed by atoms with E-state index in [1.165, 1.54) is 0 Å². The van der Waals surface area contributed by atoms with Crippen LogP contribution in [0.5, 0.6) is 0 Å². The number of benzene rings is 1. The van der Waals surface area contributed by atoms with E-state index >= 15 is 0 Å². The molecule has 3 nitrogen and oxygen atoms in total. The number of carboxylic acid groups (broad SMARTS) is 1. The molecule has 0 fully saturated rings. The number of hydrogen-bond acceptors (Lipinski definition) is 2. The molecule has 3 N–H and O–H groups in total. The van der Waals surface area contributed by atoms with Gasteiger partial charge in [-0.2, -0.15) is 0 Å². The summed E-state index contributed by atoms with van der Waals surface area (Å²) in [7, 11) is 0. The Morgan fingerprint density at radius 3 is 1.77 bits per heavy atom. The Morgan fingerprint density at radius 1 is 1.31 bits per heavy atom. The zero-order valence-corrected chi connectivity index (χ0v) is 7.58. The Hall–Kier alpha value is 0.260. The van der Waals surface area contributed by atoms with Crippen molar-refractivity contribution in [2.45, 2.75) is 11.8 Å². The molecule has 0 heterocycles. The van der Waals surface area contributed by atoms with Crippen LogP contribution in [0.15, 0.2) is 35.2 Å². The number of rotatable bonds is 0. The topological polar surface area (TPSA) is 68.8 Å². The van der Waals surface area contributed by atoms with Crippen LogP contribution in [0.1, 0.15) is 6.92 Å². The molecule has 0 spiro atoms. The van der Waals surface area contributed by atoms with E-state index in [9.17, 15) is 0 Å². The molecule has 0 aliphatic rings. The number of aliphatic carboxylic acids is 1. The molecule has 1 rings (SSSR count). The van der Waals surface area contributed by atoms with E-state index in [0.717, 1.165) is 11.8 Å². The zero-order chi connectivity index (χ0) is 8.69. The summed E-state index contributed by atoms with van der Waals surface area (Å²) in [6.45, 7) is 1.08. The molecular weight excluding hydrogens is 216 g/mol. The summed E-state index contributed by atoms with van der Waals surface area (Å²) < 4.78 is 0. The number of carboxylic acids is 1. The van der Waals surface area contributed by atoms with E-state index in [2.05, 4.69) is 12.6 Å². The van der Waals surface area contributed by atoms with Crippen molar-refractivity contribution in [1.29, 1.82) is 0 Å². The first-order valence-electron chi connectivity index (χ1n) is 3.06. The van der Waals surface area contributed by atoms with Crippen LogP contribution >= 0.6 is 12.6 Å². The summed E-state index contributed by atoms with van der Waals surface area (Å²) in [6.07, 6.45) is 0. The average Bonchev–Trinajstić information content (AvgIpc) is 1.87. The summed E-state index contributed by atoms with van der Waals surface area (Å²) >= 11 is 4.08. The Kier molecular flexibility index (Phi) is 17.9. The van der Waals surface area contributed by atoms with Gasteiger partial charge in [-0.05, 0) is 12.1 Å². The summed E-state index contributed by atoms with van der Waals surface area (Å²) in [6, 6.07) is 9.79. The minimum atomic E-state index is -0.833. The van der Waals surface area contributed by atoms with Crippen LogP contribution in [0, 0.1) is 0 Å². The molecule has 1 aromatic rings. The molecule has 0 saturated heterocycles. The molecule has 0 atom stereocenters. The third kappa shape index (κ3) is 18.9. The second-order valence-corrected chi connectivity index (χ2v) is 2.37. The first kappa shape index (κ1) is 18.9. The molecule has 0 aromatic heterocycles. The van der Waals surface area contributed by atoms with E-state index in [0.29, 0.717) is 0 Å². The van der Waals surface area contributed by atoms with Crippen LogP contribution in [0.4, 0.5) is 0 Å². The number of thiol groups is 1. The SMILES string of the molecule is CC(=O)O.O.Sc1ccccc1.[CaH2]. The quantitative estimate of drug-likeness (QED) is 0.498. The fourth-order valence-corrected chi connectivity index (χ4v) is 0.600. The van der Waals surface area contributed by atoms with Gasteiger partial charge in [0.05, 0.1) is 0 Å². The van der Waals surface area contributed by atoms with Gasteiger partial charge in [0.2, 0.25) is 0 Å². The van der Waals surface area contributed by atoms with Gasteiger partial charge in [0.25, 0.3) is 5.97 Å². The third-order valence-corrected chi connectivity index (χ3v) is 1.05. The van der Waals surface area contributed by atoms with Crippen molar-refractivity contribution in [1.82, 2.24) is 0 Å². The van der Waals surface area contributed by atoms with Crippen LogP contribution < -0.4 is 0 Å². The number of hydrogen-bond donors (Lipinski definition) is 2. The molecule has 72 valence electrons. The van der Waals surface area contributed by atoms with E-state index in [4.69, 9.17) is 9.90 Å². The fourth-order valence-electron chi connectivity index (χ4n) is 0.428. The molecule has 0 bridgehead atoms. The van der Waals surface area contributed by atoms with Crippen LogP contribution in [0.2, 0.25) is 0 Å². The van der Waals surface area contributed by atoms with Gasteiger partial charge in [0, 0.05) is 11.8 Å². The zero-order valence-electron chi connectivity index (χ0n) is 6.69. The van der Waals surface area contributed by atoms with Crippen LogP contribution in [-0.4, -0.2) is 54.3 Å². The molecule has 0 radical (unpaired) electrons. The maximum absolute atomic E-state index is 9.00. The van der Waals surface area contributed by atoms with Crippen LogP contribution in [-0.2, 0) is 4.79 Å². The van der Waals surface area contributed by atoms with Gasteiger partial charge < -0.3 is 10.6 Å². The van der Waals surface area contributed by atoms with Crippen molar-refractivity contribution >= 4 is 56.3 Å². The second-order valence-electron chi connectivity index (χ2n) is 1.85. The molecule has 0 aliphatic carbocycles. The van der Waals surface area contributed by atoms with Gasteiger partial charge in [0.15, 0.2) is 0 Å². The molecule has 1 aromatic carbocycles. The van der Waals surface area contributed by atoms with Crippen molar-refractivity contribution in [3.63, 3.8) is 0 Å². The maximum atomic E-state index is 9.00. The van der Waals surface area contributed by atoms with E-state index in [-0.39, 0.29) is 43.2 Å². The summed E-state index contributed by atoms with van der Waals surface area (Å²) in [4.78, 5) is 10.0. The minimum absolute atomic E-state index is 0.